The Labute approximate surface area is 552 Å². The third-order valence-electron chi connectivity index (χ3n) is 18.4. The second kappa shape index (κ2) is 25.2. The number of rotatable bonds is 16. The maximum absolute atomic E-state index is 2.42. The van der Waals surface area contributed by atoms with E-state index < -0.39 is 0 Å². The largest absolute Gasteiger partial charge is 0.311 e. The van der Waals surface area contributed by atoms with Crippen LogP contribution in [0.2, 0.25) is 0 Å². The van der Waals surface area contributed by atoms with Gasteiger partial charge in [0.15, 0.2) is 0 Å². The Morgan fingerprint density at radius 1 is 0.170 bits per heavy atom. The van der Waals surface area contributed by atoms with E-state index in [1.54, 1.807) is 0 Å². The fourth-order valence-corrected chi connectivity index (χ4v) is 13.3. The zero-order chi connectivity index (χ0) is 63.8. The first-order chi connectivity index (χ1) is 46.0. The molecule has 0 atom stereocenters. The molecule has 0 saturated heterocycles. The summed E-state index contributed by atoms with van der Waals surface area (Å²) in [6.07, 6.45) is 8.83. The minimum atomic E-state index is 1.09. The summed E-state index contributed by atoms with van der Waals surface area (Å²) < 4.78 is 0. The van der Waals surface area contributed by atoms with Crippen LogP contribution in [0.5, 0.6) is 0 Å². The number of aryl methyl sites for hydroxylation is 6. The molecule has 0 unspecified atom stereocenters. The molecule has 15 rings (SSSR count). The maximum Gasteiger partial charge on any atom is 0.0540 e. The van der Waals surface area contributed by atoms with E-state index >= 15 is 0 Å². The Morgan fingerprint density at radius 2 is 0.351 bits per heavy atom. The molecule has 0 aliphatic rings. The van der Waals surface area contributed by atoms with Gasteiger partial charge in [0.2, 0.25) is 0 Å². The third kappa shape index (κ3) is 11.6. The van der Waals surface area contributed by atoms with E-state index in [0.717, 1.165) is 90.5 Å². The maximum atomic E-state index is 2.42. The Kier molecular flexibility index (Phi) is 15.7. The van der Waals surface area contributed by atoms with Crippen LogP contribution in [0, 0.1) is 41.5 Å². The molecular formula is C90H72N4. The predicted octanol–water partition coefficient (Wildman–Crippen LogP) is 25.8. The average molecular weight is 1210 g/mol. The van der Waals surface area contributed by atoms with Crippen molar-refractivity contribution in [2.75, 3.05) is 19.6 Å². The Morgan fingerprint density at radius 3 is 0.574 bits per heavy atom. The molecule has 0 aliphatic heterocycles. The van der Waals surface area contributed by atoms with Crippen LogP contribution < -0.4 is 19.6 Å². The van der Waals surface area contributed by atoms with Crippen LogP contribution in [-0.4, -0.2) is 0 Å². The van der Waals surface area contributed by atoms with Crippen LogP contribution >= 0.6 is 0 Å². The van der Waals surface area contributed by atoms with Crippen molar-refractivity contribution in [3.05, 3.63) is 359 Å². The number of benzene rings is 15. The number of anilines is 12. The molecule has 452 valence electrons. The van der Waals surface area contributed by atoms with Gasteiger partial charge in [0.05, 0.1) is 11.4 Å². The van der Waals surface area contributed by atoms with Crippen molar-refractivity contribution >= 4 is 136 Å². The summed E-state index contributed by atoms with van der Waals surface area (Å²) in [5.74, 6) is 0. The van der Waals surface area contributed by atoms with Gasteiger partial charge in [0, 0.05) is 67.6 Å². The quantitative estimate of drug-likeness (QED) is 0.0543. The Hall–Kier alpha value is -11.7. The lowest BCUT2D eigenvalue weighted by Gasteiger charge is -2.29. The fourth-order valence-electron chi connectivity index (χ4n) is 13.3. The standard InChI is InChI=1S/C90H72N4/c1-61-13-37-71(38-14-61)91(72-39-15-62(2)16-40-72)75-49-29-67(30-50-75)25-27-69-33-53-79(54-34-69)93(77-45-21-65(5)22-46-77)87-59-57-83-84-58-60-88(86-12-8-10-82(90(84)86)81-9-7-11-85(87)89(81)83)94(78-47-23-66(6)24-48-78)80-55-35-70(36-56-80)28-26-68-31-51-76(52-32-68)92(73-41-17-63(3)18-42-73)74-43-19-64(4)20-44-74/h7-60H,1-6H3/b27-25+,28-26+. The van der Waals surface area contributed by atoms with Crippen molar-refractivity contribution < 1.29 is 0 Å². The normalized spacial score (nSPS) is 11.6. The van der Waals surface area contributed by atoms with Crippen LogP contribution in [0.25, 0.3) is 67.4 Å². The highest BCUT2D eigenvalue weighted by Crippen LogP contribution is 2.49. The highest BCUT2D eigenvalue weighted by molar-refractivity contribution is 6.35. The van der Waals surface area contributed by atoms with Gasteiger partial charge in [-0.25, -0.2) is 0 Å². The summed E-state index contributed by atoms with van der Waals surface area (Å²) in [6, 6.07) is 112. The summed E-state index contributed by atoms with van der Waals surface area (Å²) in [5.41, 5.74) is 25.3. The van der Waals surface area contributed by atoms with E-state index in [1.165, 1.54) is 76.5 Å². The monoisotopic (exact) mass is 1210 g/mol. The van der Waals surface area contributed by atoms with Crippen LogP contribution in [0.4, 0.5) is 68.2 Å². The summed E-state index contributed by atoms with van der Waals surface area (Å²) in [5, 5.41) is 9.88. The SMILES string of the molecule is Cc1ccc(N(c2ccc(C)cc2)c2ccc(/C=C/c3ccc(N(c4ccc(C)cc4)c4ccc5c6ccc(N(c7ccc(C)cc7)c7ccc(/C=C/c8ccc(N(c9ccc(C)cc9)c9ccc(C)cc9)cc8)cc7)c7cccc(c8cccc4c85)c76)cc3)cc2)cc1. The number of hydrogen-bond acceptors (Lipinski definition) is 4. The lowest BCUT2D eigenvalue weighted by Crippen LogP contribution is -2.11. The first-order valence-corrected chi connectivity index (χ1v) is 32.5. The lowest BCUT2D eigenvalue weighted by molar-refractivity contribution is 1.27. The van der Waals surface area contributed by atoms with Gasteiger partial charge < -0.3 is 19.6 Å². The first kappa shape index (κ1) is 58.6. The van der Waals surface area contributed by atoms with Crippen molar-refractivity contribution in [3.63, 3.8) is 0 Å². The molecule has 0 aliphatic carbocycles. The van der Waals surface area contributed by atoms with E-state index in [-0.39, 0.29) is 0 Å². The lowest BCUT2D eigenvalue weighted by atomic mass is 9.88. The van der Waals surface area contributed by atoms with E-state index in [1.807, 2.05) is 0 Å². The number of nitrogens with zero attached hydrogens (tertiary/aromatic N) is 4. The van der Waals surface area contributed by atoms with Gasteiger partial charge in [0.25, 0.3) is 0 Å². The van der Waals surface area contributed by atoms with Crippen molar-refractivity contribution in [2.24, 2.45) is 0 Å². The average Bonchev–Trinajstić information content (AvgIpc) is 0.710. The molecule has 0 heterocycles. The molecule has 4 heteroatoms. The topological polar surface area (TPSA) is 13.0 Å². The van der Waals surface area contributed by atoms with Crippen molar-refractivity contribution in [3.8, 4) is 0 Å². The van der Waals surface area contributed by atoms with Crippen molar-refractivity contribution in [1.82, 2.24) is 0 Å². The third-order valence-corrected chi connectivity index (χ3v) is 18.4. The number of fused-ring (bicyclic) bond motifs is 2. The predicted molar refractivity (Wildman–Crippen MR) is 406 cm³/mol. The molecule has 15 aromatic carbocycles. The number of hydrogen-bond donors (Lipinski definition) is 0. The molecule has 0 radical (unpaired) electrons. The van der Waals surface area contributed by atoms with Crippen molar-refractivity contribution in [1.29, 1.82) is 0 Å². The van der Waals surface area contributed by atoms with Gasteiger partial charge in [-0.15, -0.1) is 0 Å². The molecule has 0 spiro atoms. The van der Waals surface area contributed by atoms with E-state index in [9.17, 15) is 0 Å². The second-order valence-electron chi connectivity index (χ2n) is 25.1. The molecule has 94 heavy (non-hydrogen) atoms. The van der Waals surface area contributed by atoms with Crippen LogP contribution in [-0.2, 0) is 0 Å². The van der Waals surface area contributed by atoms with Gasteiger partial charge in [-0.3, -0.25) is 0 Å². The Balaban J connectivity index is 0.737. The molecule has 15 aromatic rings. The highest BCUT2D eigenvalue weighted by Gasteiger charge is 2.23. The van der Waals surface area contributed by atoms with Gasteiger partial charge in [-0.2, -0.15) is 0 Å². The molecule has 0 aromatic heterocycles. The van der Waals surface area contributed by atoms with Gasteiger partial charge in [0.1, 0.15) is 0 Å². The summed E-state index contributed by atoms with van der Waals surface area (Å²) in [7, 11) is 0. The zero-order valence-electron chi connectivity index (χ0n) is 54.0. The minimum Gasteiger partial charge on any atom is -0.311 e. The van der Waals surface area contributed by atoms with Gasteiger partial charge in [-0.05, 0) is 230 Å². The van der Waals surface area contributed by atoms with E-state index in [4.69, 9.17) is 0 Å². The Bertz CT molecular complexity index is 4780. The zero-order valence-corrected chi connectivity index (χ0v) is 54.0. The molecule has 0 N–H and O–H groups in total. The van der Waals surface area contributed by atoms with Gasteiger partial charge in [-0.1, -0.05) is 228 Å². The second-order valence-corrected chi connectivity index (χ2v) is 25.1. The minimum absolute atomic E-state index is 1.09. The van der Waals surface area contributed by atoms with E-state index in [0.29, 0.717) is 0 Å². The smallest absolute Gasteiger partial charge is 0.0540 e. The fraction of sp³-hybridized carbons (Fsp3) is 0.0667. The van der Waals surface area contributed by atoms with Crippen molar-refractivity contribution in [2.45, 2.75) is 41.5 Å². The van der Waals surface area contributed by atoms with E-state index in [2.05, 4.69) is 389 Å². The molecule has 4 nitrogen and oxygen atoms in total. The highest BCUT2D eigenvalue weighted by atomic mass is 15.2. The van der Waals surface area contributed by atoms with Crippen LogP contribution in [0.3, 0.4) is 0 Å². The molecule has 0 amide bonds. The molecule has 0 saturated carbocycles. The summed E-state index contributed by atoms with van der Waals surface area (Å²) in [6.45, 7) is 12.8. The summed E-state index contributed by atoms with van der Waals surface area (Å²) in [4.78, 5) is 9.48. The molecule has 0 fully saturated rings. The summed E-state index contributed by atoms with van der Waals surface area (Å²) >= 11 is 0. The van der Waals surface area contributed by atoms with Crippen LogP contribution in [0.1, 0.15) is 55.6 Å². The van der Waals surface area contributed by atoms with Crippen LogP contribution in [0.15, 0.2) is 303 Å². The molecule has 0 bridgehead atoms. The first-order valence-electron chi connectivity index (χ1n) is 32.5. The molecular weight excluding hydrogens is 1140 g/mol. The van der Waals surface area contributed by atoms with Gasteiger partial charge >= 0.3 is 0 Å².